The van der Waals surface area contributed by atoms with Crippen molar-refractivity contribution in [2.75, 3.05) is 30.8 Å². The molecule has 4 rings (SSSR count). The first-order chi connectivity index (χ1) is 16.0. The van der Waals surface area contributed by atoms with E-state index in [0.717, 1.165) is 68.7 Å². The first kappa shape index (κ1) is 23.9. The van der Waals surface area contributed by atoms with E-state index in [1.165, 1.54) is 18.4 Å². The predicted molar refractivity (Wildman–Crippen MR) is 135 cm³/mol. The van der Waals surface area contributed by atoms with Gasteiger partial charge in [0, 0.05) is 24.5 Å². The summed E-state index contributed by atoms with van der Waals surface area (Å²) in [5.74, 6) is 2.08. The Bertz CT molecular complexity index is 873. The lowest BCUT2D eigenvalue weighted by Gasteiger charge is -2.29. The minimum Gasteiger partial charge on any atom is -0.393 e. The summed E-state index contributed by atoms with van der Waals surface area (Å²) in [6.45, 7) is 6.65. The Balaban J connectivity index is 1.55. The number of anilines is 2. The number of likely N-dealkylation sites (tertiary alicyclic amines) is 1. The lowest BCUT2D eigenvalue weighted by Crippen LogP contribution is -2.29. The second kappa shape index (κ2) is 11.3. The Hall–Kier alpha value is -2.25. The summed E-state index contributed by atoms with van der Waals surface area (Å²) >= 11 is 0. The van der Waals surface area contributed by atoms with Gasteiger partial charge in [-0.3, -0.25) is 4.98 Å². The summed E-state index contributed by atoms with van der Waals surface area (Å²) < 4.78 is 0. The van der Waals surface area contributed by atoms with E-state index in [4.69, 9.17) is 9.97 Å². The number of nitrogens with one attached hydrogen (secondary N) is 2. The van der Waals surface area contributed by atoms with Crippen molar-refractivity contribution in [3.63, 3.8) is 0 Å². The molecule has 2 aliphatic rings. The molecule has 0 bridgehead atoms. The zero-order valence-corrected chi connectivity index (χ0v) is 20.4. The Morgan fingerprint density at radius 3 is 2.48 bits per heavy atom. The third kappa shape index (κ3) is 6.42. The highest BCUT2D eigenvalue weighted by molar-refractivity contribution is 5.73. The fourth-order valence-corrected chi connectivity index (χ4v) is 5.04. The molecule has 7 heteroatoms. The van der Waals surface area contributed by atoms with Crippen LogP contribution in [0.15, 0.2) is 24.5 Å². The van der Waals surface area contributed by atoms with Gasteiger partial charge in [-0.25, -0.2) is 4.98 Å². The van der Waals surface area contributed by atoms with Crippen molar-refractivity contribution in [2.24, 2.45) is 0 Å². The standard InChI is InChI=1S/C26H40N6O/c1-4-5-18(2)29-26-28-17-23(25(31-26)30-21-7-9-22(33)10-8-21)24-11-6-20(16-27-24)19-12-14-32(3)15-13-19/h6,11,16-19,21-22,33H,4-5,7-10,12-15H2,1-3H3,(H2,28,29,30,31)/t18-,21?,22?/m0/s1. The van der Waals surface area contributed by atoms with Crippen molar-refractivity contribution in [2.45, 2.75) is 89.3 Å². The average molecular weight is 453 g/mol. The molecule has 0 aromatic carbocycles. The maximum absolute atomic E-state index is 9.89. The van der Waals surface area contributed by atoms with Gasteiger partial charge in [0.15, 0.2) is 0 Å². The van der Waals surface area contributed by atoms with E-state index in [0.29, 0.717) is 23.9 Å². The van der Waals surface area contributed by atoms with Gasteiger partial charge < -0.3 is 20.6 Å². The number of rotatable bonds is 8. The van der Waals surface area contributed by atoms with Gasteiger partial charge in [0.1, 0.15) is 5.82 Å². The van der Waals surface area contributed by atoms with Gasteiger partial charge in [-0.2, -0.15) is 4.98 Å². The minimum atomic E-state index is -0.172. The van der Waals surface area contributed by atoms with Crippen LogP contribution in [0.4, 0.5) is 11.8 Å². The summed E-state index contributed by atoms with van der Waals surface area (Å²) in [5, 5.41) is 17.0. The first-order valence-electron chi connectivity index (χ1n) is 12.7. The molecule has 33 heavy (non-hydrogen) atoms. The number of pyridine rings is 1. The van der Waals surface area contributed by atoms with Crippen LogP contribution in [0.1, 0.15) is 76.7 Å². The summed E-state index contributed by atoms with van der Waals surface area (Å²) in [5.41, 5.74) is 3.16. The van der Waals surface area contributed by atoms with Crippen LogP contribution in [-0.2, 0) is 0 Å². The monoisotopic (exact) mass is 452 g/mol. The van der Waals surface area contributed by atoms with Crippen molar-refractivity contribution in [1.82, 2.24) is 19.9 Å². The molecule has 1 atom stereocenters. The molecular formula is C26H40N6O. The molecule has 2 fully saturated rings. The largest absolute Gasteiger partial charge is 0.393 e. The summed E-state index contributed by atoms with van der Waals surface area (Å²) in [7, 11) is 2.20. The van der Waals surface area contributed by atoms with E-state index in [9.17, 15) is 5.11 Å². The molecule has 1 saturated carbocycles. The van der Waals surface area contributed by atoms with Crippen molar-refractivity contribution in [3.8, 4) is 11.3 Å². The minimum absolute atomic E-state index is 0.172. The highest BCUT2D eigenvalue weighted by Crippen LogP contribution is 2.31. The topological polar surface area (TPSA) is 86.2 Å². The van der Waals surface area contributed by atoms with Crippen LogP contribution < -0.4 is 10.6 Å². The Kier molecular flexibility index (Phi) is 8.15. The number of nitrogens with zero attached hydrogens (tertiary/aromatic N) is 4. The molecule has 0 amide bonds. The zero-order chi connectivity index (χ0) is 23.2. The van der Waals surface area contributed by atoms with Gasteiger partial charge in [-0.15, -0.1) is 0 Å². The van der Waals surface area contributed by atoms with Crippen LogP contribution >= 0.6 is 0 Å². The zero-order valence-electron chi connectivity index (χ0n) is 20.4. The van der Waals surface area contributed by atoms with Crippen molar-refractivity contribution < 1.29 is 5.11 Å². The quantitative estimate of drug-likeness (QED) is 0.537. The number of aliphatic hydroxyl groups excluding tert-OH is 1. The van der Waals surface area contributed by atoms with Crippen molar-refractivity contribution in [3.05, 3.63) is 30.1 Å². The summed E-state index contributed by atoms with van der Waals surface area (Å²) in [6.07, 6.45) is 11.9. The van der Waals surface area contributed by atoms with E-state index < -0.39 is 0 Å². The predicted octanol–water partition coefficient (Wildman–Crippen LogP) is 4.66. The molecule has 1 aliphatic carbocycles. The maximum atomic E-state index is 9.89. The van der Waals surface area contributed by atoms with Crippen LogP contribution in [0.25, 0.3) is 11.3 Å². The van der Waals surface area contributed by atoms with Crippen molar-refractivity contribution in [1.29, 1.82) is 0 Å². The van der Waals surface area contributed by atoms with E-state index in [2.05, 4.69) is 53.5 Å². The normalized spacial score (nSPS) is 23.3. The van der Waals surface area contributed by atoms with Gasteiger partial charge in [0.25, 0.3) is 0 Å². The molecule has 0 unspecified atom stereocenters. The van der Waals surface area contributed by atoms with Crippen LogP contribution in [0.3, 0.4) is 0 Å². The maximum Gasteiger partial charge on any atom is 0.224 e. The van der Waals surface area contributed by atoms with E-state index in [1.54, 1.807) is 0 Å². The first-order valence-corrected chi connectivity index (χ1v) is 12.7. The van der Waals surface area contributed by atoms with Crippen molar-refractivity contribution >= 4 is 11.8 Å². The fourth-order valence-electron chi connectivity index (χ4n) is 5.04. The molecule has 2 aromatic rings. The molecule has 3 heterocycles. The van der Waals surface area contributed by atoms with Crippen LogP contribution in [0.2, 0.25) is 0 Å². The van der Waals surface area contributed by atoms with E-state index in [-0.39, 0.29) is 6.10 Å². The van der Waals surface area contributed by atoms with Crippen LogP contribution in [-0.4, -0.2) is 63.3 Å². The summed E-state index contributed by atoms with van der Waals surface area (Å²) in [6, 6.07) is 4.98. The molecule has 180 valence electrons. The van der Waals surface area contributed by atoms with E-state index >= 15 is 0 Å². The number of aliphatic hydroxyl groups is 1. The number of aromatic nitrogens is 3. The van der Waals surface area contributed by atoms with Gasteiger partial charge in [0.2, 0.25) is 5.95 Å². The highest BCUT2D eigenvalue weighted by atomic mass is 16.3. The number of hydrogen-bond acceptors (Lipinski definition) is 7. The molecule has 1 aliphatic heterocycles. The second-order valence-electron chi connectivity index (χ2n) is 9.99. The average Bonchev–Trinajstić information content (AvgIpc) is 2.82. The molecule has 2 aromatic heterocycles. The highest BCUT2D eigenvalue weighted by Gasteiger charge is 2.22. The van der Waals surface area contributed by atoms with E-state index in [1.807, 2.05) is 12.4 Å². The lowest BCUT2D eigenvalue weighted by molar-refractivity contribution is 0.126. The molecule has 0 spiro atoms. The van der Waals surface area contributed by atoms with Gasteiger partial charge in [-0.1, -0.05) is 19.4 Å². The van der Waals surface area contributed by atoms with Gasteiger partial charge in [0.05, 0.1) is 17.4 Å². The Morgan fingerprint density at radius 1 is 1.06 bits per heavy atom. The molecule has 0 radical (unpaired) electrons. The van der Waals surface area contributed by atoms with Crippen LogP contribution in [0, 0.1) is 0 Å². The molecule has 1 saturated heterocycles. The Labute approximate surface area is 198 Å². The fraction of sp³-hybridized carbons (Fsp3) is 0.654. The van der Waals surface area contributed by atoms with Gasteiger partial charge in [-0.05, 0) is 89.6 Å². The van der Waals surface area contributed by atoms with Gasteiger partial charge >= 0.3 is 0 Å². The molecular weight excluding hydrogens is 412 g/mol. The third-order valence-corrected chi connectivity index (χ3v) is 7.18. The third-order valence-electron chi connectivity index (χ3n) is 7.18. The smallest absolute Gasteiger partial charge is 0.224 e. The summed E-state index contributed by atoms with van der Waals surface area (Å²) in [4.78, 5) is 16.7. The lowest BCUT2D eigenvalue weighted by atomic mass is 9.90. The number of piperidine rings is 1. The molecule has 3 N–H and O–H groups in total. The van der Waals surface area contributed by atoms with Crippen LogP contribution in [0.5, 0.6) is 0 Å². The second-order valence-corrected chi connectivity index (χ2v) is 9.99. The number of hydrogen-bond donors (Lipinski definition) is 3. The SMILES string of the molecule is CCC[C@H](C)Nc1ncc(-c2ccc(C3CCN(C)CC3)cn2)c(NC2CCC(O)CC2)n1. The molecule has 7 nitrogen and oxygen atoms in total. The Morgan fingerprint density at radius 2 is 1.82 bits per heavy atom.